The van der Waals surface area contributed by atoms with Gasteiger partial charge in [0, 0.05) is 5.56 Å². The zero-order valence-corrected chi connectivity index (χ0v) is 17.1. The maximum atomic E-state index is 5.71. The second-order valence-electron chi connectivity index (χ2n) is 6.93. The zero-order valence-electron chi connectivity index (χ0n) is 16.3. The first kappa shape index (κ1) is 20.6. The monoisotopic (exact) mass is 368 g/mol. The van der Waals surface area contributed by atoms with Crippen molar-refractivity contribution in [3.05, 3.63) is 59.7 Å². The molecule has 0 spiro atoms. The Morgan fingerprint density at radius 1 is 0.731 bits per heavy atom. The van der Waals surface area contributed by atoms with Gasteiger partial charge in [0.2, 0.25) is 0 Å². The quantitative estimate of drug-likeness (QED) is 0.303. The first-order chi connectivity index (χ1) is 12.7. The standard InChI is InChI=1S/C24H32OS/c1-3-5-7-9-19-25-24(26)23-17-15-22(16-18-23)21-13-11-20(12-14-21)10-8-6-4-2/h11-18H,3-10,19H2,1-2H3. The Bertz CT molecular complexity index is 643. The molecule has 0 amide bonds. The summed E-state index contributed by atoms with van der Waals surface area (Å²) >= 11 is 5.40. The van der Waals surface area contributed by atoms with E-state index in [-0.39, 0.29) is 0 Å². The molecule has 0 unspecified atom stereocenters. The molecule has 0 aliphatic rings. The van der Waals surface area contributed by atoms with Gasteiger partial charge in [-0.1, -0.05) is 82.3 Å². The molecule has 2 aromatic carbocycles. The molecule has 0 radical (unpaired) electrons. The van der Waals surface area contributed by atoms with E-state index in [1.165, 1.54) is 61.6 Å². The molecule has 0 atom stereocenters. The molecule has 0 N–H and O–H groups in total. The van der Waals surface area contributed by atoms with Crippen LogP contribution < -0.4 is 0 Å². The van der Waals surface area contributed by atoms with Crippen molar-refractivity contribution in [2.24, 2.45) is 0 Å². The number of hydrogen-bond donors (Lipinski definition) is 0. The molecule has 1 nitrogen and oxygen atoms in total. The van der Waals surface area contributed by atoms with Gasteiger partial charge in [-0.15, -0.1) is 0 Å². The van der Waals surface area contributed by atoms with E-state index < -0.39 is 0 Å². The summed E-state index contributed by atoms with van der Waals surface area (Å²) in [5, 5.41) is 0.610. The Kier molecular flexibility index (Phi) is 9.41. The van der Waals surface area contributed by atoms with Crippen molar-refractivity contribution in [2.75, 3.05) is 6.61 Å². The lowest BCUT2D eigenvalue weighted by atomic mass is 10.0. The van der Waals surface area contributed by atoms with Gasteiger partial charge in [-0.3, -0.25) is 0 Å². The van der Waals surface area contributed by atoms with Gasteiger partial charge >= 0.3 is 0 Å². The van der Waals surface area contributed by atoms with Crippen molar-refractivity contribution >= 4 is 17.3 Å². The molecule has 0 aliphatic carbocycles. The van der Waals surface area contributed by atoms with Gasteiger partial charge in [0.05, 0.1) is 6.61 Å². The molecule has 0 aliphatic heterocycles. The SMILES string of the molecule is CCCCCCOC(=S)c1ccc(-c2ccc(CCCCC)cc2)cc1. The van der Waals surface area contributed by atoms with Crippen molar-refractivity contribution in [3.63, 3.8) is 0 Å². The summed E-state index contributed by atoms with van der Waals surface area (Å²) in [4.78, 5) is 0. The lowest BCUT2D eigenvalue weighted by Gasteiger charge is -2.09. The van der Waals surface area contributed by atoms with E-state index in [1.807, 2.05) is 0 Å². The fourth-order valence-corrected chi connectivity index (χ4v) is 3.24. The molecule has 0 heterocycles. The number of benzene rings is 2. The van der Waals surface area contributed by atoms with Gasteiger partial charge in [0.1, 0.15) is 0 Å². The smallest absolute Gasteiger partial charge is 0.191 e. The number of thiocarbonyl (C=S) groups is 1. The topological polar surface area (TPSA) is 9.23 Å². The number of rotatable bonds is 11. The minimum absolute atomic E-state index is 0.610. The fourth-order valence-electron chi connectivity index (χ4n) is 3.02. The second kappa shape index (κ2) is 11.9. The van der Waals surface area contributed by atoms with Crippen LogP contribution in [0.2, 0.25) is 0 Å². The van der Waals surface area contributed by atoms with Crippen LogP contribution >= 0.6 is 12.2 Å². The lowest BCUT2D eigenvalue weighted by Crippen LogP contribution is -2.05. The molecule has 2 aromatic rings. The molecule has 2 rings (SSSR count). The molecule has 140 valence electrons. The number of unbranched alkanes of at least 4 members (excludes halogenated alkanes) is 5. The Hall–Kier alpha value is -1.67. The summed E-state index contributed by atoms with van der Waals surface area (Å²) in [7, 11) is 0. The van der Waals surface area contributed by atoms with E-state index in [0.717, 1.165) is 18.6 Å². The van der Waals surface area contributed by atoms with Crippen molar-refractivity contribution in [2.45, 2.75) is 65.2 Å². The Morgan fingerprint density at radius 3 is 1.92 bits per heavy atom. The average Bonchev–Trinajstić information content (AvgIpc) is 2.68. The Labute approximate surface area is 164 Å². The highest BCUT2D eigenvalue weighted by atomic mass is 32.1. The molecular formula is C24H32OS. The third-order valence-electron chi connectivity index (χ3n) is 4.71. The molecule has 0 fully saturated rings. The highest BCUT2D eigenvalue weighted by Crippen LogP contribution is 2.21. The molecule has 0 bridgehead atoms. The number of ether oxygens (including phenoxy) is 1. The highest BCUT2D eigenvalue weighted by molar-refractivity contribution is 7.80. The third-order valence-corrected chi connectivity index (χ3v) is 5.06. The van der Waals surface area contributed by atoms with E-state index in [4.69, 9.17) is 17.0 Å². The average molecular weight is 369 g/mol. The zero-order chi connectivity index (χ0) is 18.6. The predicted octanol–water partition coefficient (Wildman–Crippen LogP) is 7.36. The normalized spacial score (nSPS) is 10.7. The Balaban J connectivity index is 1.87. The molecule has 26 heavy (non-hydrogen) atoms. The molecule has 0 aromatic heterocycles. The summed E-state index contributed by atoms with van der Waals surface area (Å²) < 4.78 is 5.71. The summed E-state index contributed by atoms with van der Waals surface area (Å²) in [6.07, 6.45) is 9.84. The fraction of sp³-hybridized carbons (Fsp3) is 0.458. The van der Waals surface area contributed by atoms with Gasteiger partial charge in [0.25, 0.3) is 0 Å². The van der Waals surface area contributed by atoms with Gasteiger partial charge in [-0.25, -0.2) is 0 Å². The van der Waals surface area contributed by atoms with Crippen LogP contribution in [0, 0.1) is 0 Å². The van der Waals surface area contributed by atoms with Crippen LogP contribution in [0.4, 0.5) is 0 Å². The second-order valence-corrected chi connectivity index (χ2v) is 7.30. The van der Waals surface area contributed by atoms with E-state index >= 15 is 0 Å². The van der Waals surface area contributed by atoms with Crippen molar-refractivity contribution < 1.29 is 4.74 Å². The summed E-state index contributed by atoms with van der Waals surface area (Å²) in [6, 6.07) is 17.4. The largest absolute Gasteiger partial charge is 0.483 e. The predicted molar refractivity (Wildman–Crippen MR) is 117 cm³/mol. The number of hydrogen-bond acceptors (Lipinski definition) is 2. The maximum absolute atomic E-state index is 5.71. The van der Waals surface area contributed by atoms with E-state index in [1.54, 1.807) is 0 Å². The van der Waals surface area contributed by atoms with Crippen LogP contribution in [-0.2, 0) is 11.2 Å². The lowest BCUT2D eigenvalue weighted by molar-refractivity contribution is 0.301. The third kappa shape index (κ3) is 6.92. The van der Waals surface area contributed by atoms with E-state index in [0.29, 0.717) is 5.05 Å². The van der Waals surface area contributed by atoms with Crippen LogP contribution in [0.1, 0.15) is 69.9 Å². The van der Waals surface area contributed by atoms with Crippen molar-refractivity contribution in [3.8, 4) is 11.1 Å². The minimum Gasteiger partial charge on any atom is -0.483 e. The van der Waals surface area contributed by atoms with Crippen LogP contribution in [-0.4, -0.2) is 11.7 Å². The van der Waals surface area contributed by atoms with Crippen LogP contribution in [0.25, 0.3) is 11.1 Å². The molecular weight excluding hydrogens is 336 g/mol. The molecule has 0 saturated heterocycles. The summed E-state index contributed by atoms with van der Waals surface area (Å²) in [5.74, 6) is 0. The first-order valence-corrected chi connectivity index (χ1v) is 10.5. The van der Waals surface area contributed by atoms with Crippen LogP contribution in [0.15, 0.2) is 48.5 Å². The van der Waals surface area contributed by atoms with Crippen molar-refractivity contribution in [1.29, 1.82) is 0 Å². The first-order valence-electron chi connectivity index (χ1n) is 10.1. The summed E-state index contributed by atoms with van der Waals surface area (Å²) in [5.41, 5.74) is 4.90. The highest BCUT2D eigenvalue weighted by Gasteiger charge is 2.04. The van der Waals surface area contributed by atoms with Crippen LogP contribution in [0.3, 0.4) is 0 Å². The van der Waals surface area contributed by atoms with Gasteiger partial charge in [-0.05, 0) is 60.3 Å². The molecule has 0 saturated carbocycles. The Morgan fingerprint density at radius 2 is 1.31 bits per heavy atom. The number of aryl methyl sites for hydroxylation is 1. The summed E-state index contributed by atoms with van der Waals surface area (Å²) in [6.45, 7) is 5.18. The van der Waals surface area contributed by atoms with E-state index in [9.17, 15) is 0 Å². The van der Waals surface area contributed by atoms with Gasteiger partial charge in [0.15, 0.2) is 5.05 Å². The van der Waals surface area contributed by atoms with Crippen molar-refractivity contribution in [1.82, 2.24) is 0 Å². The van der Waals surface area contributed by atoms with Gasteiger partial charge < -0.3 is 4.74 Å². The van der Waals surface area contributed by atoms with Crippen LogP contribution in [0.5, 0.6) is 0 Å². The minimum atomic E-state index is 0.610. The maximum Gasteiger partial charge on any atom is 0.191 e. The van der Waals surface area contributed by atoms with Gasteiger partial charge in [-0.2, -0.15) is 0 Å². The molecule has 2 heteroatoms. The van der Waals surface area contributed by atoms with E-state index in [2.05, 4.69) is 62.4 Å².